The number of nitrogens with zero attached hydrogens (tertiary/aromatic N) is 1. The van der Waals surface area contributed by atoms with E-state index in [1.807, 2.05) is 19.2 Å². The Morgan fingerprint density at radius 1 is 1.42 bits per heavy atom. The zero-order chi connectivity index (χ0) is 13.7. The van der Waals surface area contributed by atoms with Crippen molar-refractivity contribution in [3.63, 3.8) is 0 Å². The molecule has 0 unspecified atom stereocenters. The molecule has 0 fully saturated rings. The highest BCUT2D eigenvalue weighted by atomic mass is 79.9. The fourth-order valence-corrected chi connectivity index (χ4v) is 3.20. The maximum absolute atomic E-state index is 11.9. The molecule has 0 aliphatic heterocycles. The Hall–Kier alpha value is -0.910. The van der Waals surface area contributed by atoms with Crippen LogP contribution in [0.2, 0.25) is 0 Å². The molecule has 2 heterocycles. The number of pyridine rings is 1. The van der Waals surface area contributed by atoms with Gasteiger partial charge in [-0.3, -0.25) is 4.79 Å². The average Bonchev–Trinajstić information content (AvgIpc) is 2.87. The summed E-state index contributed by atoms with van der Waals surface area (Å²) in [5.41, 5.74) is 0.858. The molecule has 0 saturated carbocycles. The molecule has 2 aromatic heterocycles. The Labute approximate surface area is 125 Å². The van der Waals surface area contributed by atoms with Crippen LogP contribution in [0.4, 0.5) is 0 Å². The Morgan fingerprint density at radius 3 is 3.00 bits per heavy atom. The van der Waals surface area contributed by atoms with Crippen molar-refractivity contribution in [1.29, 1.82) is 0 Å². The van der Waals surface area contributed by atoms with E-state index in [0.29, 0.717) is 6.54 Å². The second kappa shape index (κ2) is 7.03. The number of nitrogens with one attached hydrogen (secondary N) is 1. The van der Waals surface area contributed by atoms with Crippen molar-refractivity contribution in [2.45, 2.75) is 19.9 Å². The minimum absolute atomic E-state index is 0.0863. The summed E-state index contributed by atoms with van der Waals surface area (Å²) in [5, 5.41) is 5.47. The first-order valence-electron chi connectivity index (χ1n) is 6.26. The van der Waals surface area contributed by atoms with Gasteiger partial charge in [0.1, 0.15) is 0 Å². The summed E-state index contributed by atoms with van der Waals surface area (Å²) >= 11 is 5.20. The highest BCUT2D eigenvalue weighted by Crippen LogP contribution is 2.08. The highest BCUT2D eigenvalue weighted by molar-refractivity contribution is 9.10. The van der Waals surface area contributed by atoms with Crippen LogP contribution < -0.4 is 10.9 Å². The summed E-state index contributed by atoms with van der Waals surface area (Å²) in [6.07, 6.45) is 2.89. The number of hydrogen-bond acceptors (Lipinski definition) is 3. The highest BCUT2D eigenvalue weighted by Gasteiger charge is 2.01. The third-order valence-electron chi connectivity index (χ3n) is 2.89. The summed E-state index contributed by atoms with van der Waals surface area (Å²) in [4.78, 5) is 13.3. The molecule has 1 N–H and O–H groups in total. The molecule has 0 aliphatic carbocycles. The number of halogens is 1. The summed E-state index contributed by atoms with van der Waals surface area (Å²) in [7, 11) is 0. The molecule has 5 heteroatoms. The number of aryl methyl sites for hydroxylation is 1. The van der Waals surface area contributed by atoms with Gasteiger partial charge in [-0.25, -0.2) is 0 Å². The molecule has 2 aromatic rings. The Balaban J connectivity index is 1.78. The number of aromatic nitrogens is 1. The second-order valence-corrected chi connectivity index (χ2v) is 6.37. The van der Waals surface area contributed by atoms with Gasteiger partial charge >= 0.3 is 0 Å². The van der Waals surface area contributed by atoms with Crippen LogP contribution in [-0.4, -0.2) is 17.7 Å². The van der Waals surface area contributed by atoms with Crippen molar-refractivity contribution >= 4 is 27.3 Å². The molecule has 102 valence electrons. The van der Waals surface area contributed by atoms with Gasteiger partial charge in [-0.1, -0.05) is 6.07 Å². The van der Waals surface area contributed by atoms with Crippen LogP contribution in [-0.2, 0) is 13.0 Å². The van der Waals surface area contributed by atoms with E-state index in [1.165, 1.54) is 4.88 Å². The summed E-state index contributed by atoms with van der Waals surface area (Å²) in [6, 6.07) is 6.07. The standard InChI is InChI=1S/C14H17BrN2OS/c1-11-9-12(15)10-17(14(11)18)7-6-16-5-4-13-3-2-8-19-13/h2-3,8-10,16H,4-7H2,1H3. The smallest absolute Gasteiger partial charge is 0.253 e. The van der Waals surface area contributed by atoms with E-state index in [1.54, 1.807) is 15.9 Å². The molecule has 0 amide bonds. The molecule has 19 heavy (non-hydrogen) atoms. The SMILES string of the molecule is Cc1cc(Br)cn(CCNCCc2cccs2)c1=O. The lowest BCUT2D eigenvalue weighted by molar-refractivity contribution is 0.584. The van der Waals surface area contributed by atoms with Crippen molar-refractivity contribution < 1.29 is 0 Å². The van der Waals surface area contributed by atoms with E-state index >= 15 is 0 Å². The maximum Gasteiger partial charge on any atom is 0.253 e. The molecule has 0 aromatic carbocycles. The normalized spacial score (nSPS) is 10.8. The predicted octanol–water partition coefficient (Wildman–Crippen LogP) is 2.81. The van der Waals surface area contributed by atoms with Gasteiger partial charge in [0.25, 0.3) is 5.56 Å². The molecule has 3 nitrogen and oxygen atoms in total. The second-order valence-electron chi connectivity index (χ2n) is 4.42. The van der Waals surface area contributed by atoms with Crippen molar-refractivity contribution in [3.8, 4) is 0 Å². The van der Waals surface area contributed by atoms with Gasteiger partial charge in [0, 0.05) is 40.7 Å². The Bertz CT molecular complexity index is 578. The quantitative estimate of drug-likeness (QED) is 0.820. The minimum Gasteiger partial charge on any atom is -0.315 e. The van der Waals surface area contributed by atoms with Gasteiger partial charge in [0.15, 0.2) is 0 Å². The summed E-state index contributed by atoms with van der Waals surface area (Å²) in [6.45, 7) is 4.29. The maximum atomic E-state index is 11.9. The molecule has 0 radical (unpaired) electrons. The van der Waals surface area contributed by atoms with Crippen LogP contribution in [0.5, 0.6) is 0 Å². The molecule has 0 bridgehead atoms. The van der Waals surface area contributed by atoms with Gasteiger partial charge in [0.2, 0.25) is 0 Å². The fraction of sp³-hybridized carbons (Fsp3) is 0.357. The molecular weight excluding hydrogens is 324 g/mol. The van der Waals surface area contributed by atoms with E-state index < -0.39 is 0 Å². The molecule has 0 atom stereocenters. The number of hydrogen-bond donors (Lipinski definition) is 1. The lowest BCUT2D eigenvalue weighted by atomic mass is 10.3. The monoisotopic (exact) mass is 340 g/mol. The Kier molecular flexibility index (Phi) is 5.36. The summed E-state index contributed by atoms with van der Waals surface area (Å²) < 4.78 is 2.69. The zero-order valence-electron chi connectivity index (χ0n) is 10.9. The van der Waals surface area contributed by atoms with Crippen LogP contribution in [0.15, 0.2) is 39.0 Å². The van der Waals surface area contributed by atoms with Crippen LogP contribution in [0.1, 0.15) is 10.4 Å². The van der Waals surface area contributed by atoms with Gasteiger partial charge < -0.3 is 9.88 Å². The molecule has 2 rings (SSSR count). The first kappa shape index (κ1) is 14.5. The van der Waals surface area contributed by atoms with Gasteiger partial charge in [0.05, 0.1) is 0 Å². The van der Waals surface area contributed by atoms with E-state index in [4.69, 9.17) is 0 Å². The molecular formula is C14H17BrN2OS. The van der Waals surface area contributed by atoms with Gasteiger partial charge in [-0.15, -0.1) is 11.3 Å². The van der Waals surface area contributed by atoms with E-state index in [0.717, 1.165) is 29.5 Å². The first-order chi connectivity index (χ1) is 9.16. The average molecular weight is 341 g/mol. The van der Waals surface area contributed by atoms with Gasteiger partial charge in [-0.2, -0.15) is 0 Å². The molecule has 0 aliphatic rings. The van der Waals surface area contributed by atoms with Crippen molar-refractivity contribution in [2.75, 3.05) is 13.1 Å². The zero-order valence-corrected chi connectivity index (χ0v) is 13.3. The minimum atomic E-state index is 0.0863. The van der Waals surface area contributed by atoms with Crippen molar-refractivity contribution in [1.82, 2.24) is 9.88 Å². The third-order valence-corrected chi connectivity index (χ3v) is 4.26. The van der Waals surface area contributed by atoms with Crippen LogP contribution in [0.25, 0.3) is 0 Å². The topological polar surface area (TPSA) is 34.0 Å². The van der Waals surface area contributed by atoms with Crippen LogP contribution >= 0.6 is 27.3 Å². The lowest BCUT2D eigenvalue weighted by Gasteiger charge is -2.08. The van der Waals surface area contributed by atoms with E-state index in [-0.39, 0.29) is 5.56 Å². The predicted molar refractivity (Wildman–Crippen MR) is 84.0 cm³/mol. The molecule has 0 saturated heterocycles. The fourth-order valence-electron chi connectivity index (χ4n) is 1.90. The number of thiophene rings is 1. The lowest BCUT2D eigenvalue weighted by Crippen LogP contribution is -2.28. The van der Waals surface area contributed by atoms with Crippen molar-refractivity contribution in [2.24, 2.45) is 0 Å². The number of rotatable bonds is 6. The largest absolute Gasteiger partial charge is 0.315 e. The molecule has 0 spiro atoms. The van der Waals surface area contributed by atoms with Gasteiger partial charge in [-0.05, 0) is 46.8 Å². The first-order valence-corrected chi connectivity index (χ1v) is 7.94. The van der Waals surface area contributed by atoms with Crippen LogP contribution in [0, 0.1) is 6.92 Å². The van der Waals surface area contributed by atoms with E-state index in [9.17, 15) is 4.79 Å². The summed E-state index contributed by atoms with van der Waals surface area (Å²) in [5.74, 6) is 0. The van der Waals surface area contributed by atoms with Crippen LogP contribution in [0.3, 0.4) is 0 Å². The third kappa shape index (κ3) is 4.30. The van der Waals surface area contributed by atoms with Crippen molar-refractivity contribution in [3.05, 3.63) is 55.0 Å². The van der Waals surface area contributed by atoms with E-state index in [2.05, 4.69) is 38.8 Å². The Morgan fingerprint density at radius 2 is 2.26 bits per heavy atom.